The highest BCUT2D eigenvalue weighted by atomic mass is 79.9. The molecule has 0 aromatic heterocycles. The molecule has 4 heteroatoms. The first-order valence-corrected chi connectivity index (χ1v) is 5.73. The summed E-state index contributed by atoms with van der Waals surface area (Å²) < 4.78 is 0. The largest absolute Gasteiger partial charge is 0.351 e. The third-order valence-corrected chi connectivity index (χ3v) is 2.22. The Morgan fingerprint density at radius 2 is 2.07 bits per heavy atom. The SMILES string of the molecule is NC(=O)Nc1ccc(C=CCCBr)cc1. The fourth-order valence-electron chi connectivity index (χ4n) is 1.10. The molecule has 0 atom stereocenters. The molecular weight excluding hydrogens is 256 g/mol. The van der Waals surface area contributed by atoms with Gasteiger partial charge >= 0.3 is 6.03 Å². The smallest absolute Gasteiger partial charge is 0.316 e. The molecule has 0 aliphatic heterocycles. The number of anilines is 1. The van der Waals surface area contributed by atoms with Crippen molar-refractivity contribution in [2.45, 2.75) is 6.42 Å². The van der Waals surface area contributed by atoms with Crippen LogP contribution in [-0.2, 0) is 0 Å². The number of hydrogen-bond donors (Lipinski definition) is 2. The molecular formula is C11H13BrN2O. The first-order chi connectivity index (χ1) is 7.22. The Balaban J connectivity index is 2.60. The van der Waals surface area contributed by atoms with Crippen LogP contribution >= 0.6 is 15.9 Å². The van der Waals surface area contributed by atoms with Gasteiger partial charge in [0.25, 0.3) is 0 Å². The van der Waals surface area contributed by atoms with Gasteiger partial charge in [-0.15, -0.1) is 0 Å². The molecule has 0 saturated heterocycles. The quantitative estimate of drug-likeness (QED) is 0.811. The van der Waals surface area contributed by atoms with Gasteiger partial charge in [0.15, 0.2) is 0 Å². The number of primary amides is 1. The molecule has 1 aromatic carbocycles. The molecule has 0 bridgehead atoms. The van der Waals surface area contributed by atoms with Crippen LogP contribution in [0.5, 0.6) is 0 Å². The zero-order chi connectivity index (χ0) is 11.1. The van der Waals surface area contributed by atoms with Crippen molar-refractivity contribution < 1.29 is 4.79 Å². The van der Waals surface area contributed by atoms with Crippen LogP contribution in [0.1, 0.15) is 12.0 Å². The van der Waals surface area contributed by atoms with Crippen molar-refractivity contribution in [3.05, 3.63) is 35.9 Å². The number of allylic oxidation sites excluding steroid dienone is 1. The Labute approximate surface area is 97.5 Å². The number of alkyl halides is 1. The van der Waals surface area contributed by atoms with Crippen LogP contribution in [0.2, 0.25) is 0 Å². The number of carbonyl (C=O) groups is 1. The first kappa shape index (κ1) is 11.8. The standard InChI is InChI=1S/C11H13BrN2O/c12-8-2-1-3-9-4-6-10(7-5-9)14-11(13)15/h1,3-7H,2,8H2,(H3,13,14,15). The lowest BCUT2D eigenvalue weighted by Crippen LogP contribution is -2.19. The number of carbonyl (C=O) groups excluding carboxylic acids is 1. The zero-order valence-corrected chi connectivity index (χ0v) is 9.83. The molecule has 0 radical (unpaired) electrons. The number of nitrogens with two attached hydrogens (primary N) is 1. The number of rotatable bonds is 4. The molecule has 0 fully saturated rings. The van der Waals surface area contributed by atoms with Crippen LogP contribution in [0.4, 0.5) is 10.5 Å². The van der Waals surface area contributed by atoms with Crippen LogP contribution < -0.4 is 11.1 Å². The van der Waals surface area contributed by atoms with Crippen molar-refractivity contribution >= 4 is 33.7 Å². The van der Waals surface area contributed by atoms with Gasteiger partial charge in [-0.2, -0.15) is 0 Å². The third kappa shape index (κ3) is 4.65. The minimum Gasteiger partial charge on any atom is -0.351 e. The van der Waals surface area contributed by atoms with E-state index < -0.39 is 6.03 Å². The number of urea groups is 1. The number of halogens is 1. The summed E-state index contributed by atoms with van der Waals surface area (Å²) in [6.45, 7) is 0. The van der Waals surface area contributed by atoms with E-state index >= 15 is 0 Å². The summed E-state index contributed by atoms with van der Waals surface area (Å²) in [6, 6.07) is 6.95. The lowest BCUT2D eigenvalue weighted by molar-refractivity contribution is 0.259. The van der Waals surface area contributed by atoms with Crippen molar-refractivity contribution in [1.82, 2.24) is 0 Å². The summed E-state index contributed by atoms with van der Waals surface area (Å²) in [5.41, 5.74) is 6.80. The molecule has 0 unspecified atom stereocenters. The molecule has 1 aromatic rings. The van der Waals surface area contributed by atoms with Crippen LogP contribution in [0.3, 0.4) is 0 Å². The Hall–Kier alpha value is -1.29. The van der Waals surface area contributed by atoms with E-state index in [0.29, 0.717) is 5.69 Å². The van der Waals surface area contributed by atoms with E-state index in [1.54, 1.807) is 0 Å². The molecule has 3 N–H and O–H groups in total. The van der Waals surface area contributed by atoms with Crippen molar-refractivity contribution in [3.8, 4) is 0 Å². The second-order valence-corrected chi connectivity index (χ2v) is 3.78. The number of hydrogen-bond acceptors (Lipinski definition) is 1. The number of nitrogens with one attached hydrogen (secondary N) is 1. The normalized spacial score (nSPS) is 10.5. The van der Waals surface area contributed by atoms with E-state index in [9.17, 15) is 4.79 Å². The van der Waals surface area contributed by atoms with E-state index in [4.69, 9.17) is 5.73 Å². The van der Waals surface area contributed by atoms with Crippen LogP contribution in [0, 0.1) is 0 Å². The van der Waals surface area contributed by atoms with Gasteiger partial charge in [-0.3, -0.25) is 0 Å². The van der Waals surface area contributed by atoms with Crippen LogP contribution in [0.25, 0.3) is 6.08 Å². The lowest BCUT2D eigenvalue weighted by Gasteiger charge is -2.01. The molecule has 0 heterocycles. The number of amides is 2. The average molecular weight is 269 g/mol. The molecule has 15 heavy (non-hydrogen) atoms. The predicted octanol–water partition coefficient (Wildman–Crippen LogP) is 2.98. The summed E-state index contributed by atoms with van der Waals surface area (Å²) in [4.78, 5) is 10.6. The molecule has 2 amide bonds. The molecule has 0 saturated carbocycles. The lowest BCUT2D eigenvalue weighted by atomic mass is 10.2. The Bertz CT molecular complexity index is 346. The molecule has 0 aliphatic carbocycles. The topological polar surface area (TPSA) is 55.1 Å². The van der Waals surface area contributed by atoms with E-state index in [-0.39, 0.29) is 0 Å². The second-order valence-electron chi connectivity index (χ2n) is 2.99. The summed E-state index contributed by atoms with van der Waals surface area (Å²) in [7, 11) is 0. The Morgan fingerprint density at radius 3 is 2.60 bits per heavy atom. The van der Waals surface area contributed by atoms with E-state index in [0.717, 1.165) is 17.3 Å². The highest BCUT2D eigenvalue weighted by Gasteiger charge is 1.94. The zero-order valence-electron chi connectivity index (χ0n) is 8.24. The Morgan fingerprint density at radius 1 is 1.40 bits per heavy atom. The fourth-order valence-corrected chi connectivity index (χ4v) is 1.37. The maximum Gasteiger partial charge on any atom is 0.316 e. The predicted molar refractivity (Wildman–Crippen MR) is 67.1 cm³/mol. The van der Waals surface area contributed by atoms with Gasteiger partial charge in [0, 0.05) is 11.0 Å². The highest BCUT2D eigenvalue weighted by molar-refractivity contribution is 9.09. The maximum absolute atomic E-state index is 10.6. The van der Waals surface area contributed by atoms with Gasteiger partial charge in [-0.05, 0) is 24.1 Å². The molecule has 0 spiro atoms. The molecule has 1 rings (SSSR count). The summed E-state index contributed by atoms with van der Waals surface area (Å²) in [5.74, 6) is 0. The second kappa shape index (κ2) is 6.24. The minimum atomic E-state index is -0.544. The van der Waals surface area contributed by atoms with Gasteiger partial charge in [-0.25, -0.2) is 4.79 Å². The molecule has 0 aliphatic rings. The van der Waals surface area contributed by atoms with Crippen LogP contribution in [0.15, 0.2) is 30.3 Å². The van der Waals surface area contributed by atoms with Crippen LogP contribution in [-0.4, -0.2) is 11.4 Å². The van der Waals surface area contributed by atoms with E-state index in [1.165, 1.54) is 0 Å². The van der Waals surface area contributed by atoms with E-state index in [2.05, 4.69) is 27.3 Å². The highest BCUT2D eigenvalue weighted by Crippen LogP contribution is 2.10. The average Bonchev–Trinajstić information content (AvgIpc) is 2.20. The van der Waals surface area contributed by atoms with Crippen molar-refractivity contribution in [3.63, 3.8) is 0 Å². The first-order valence-electron chi connectivity index (χ1n) is 4.61. The summed E-state index contributed by atoms with van der Waals surface area (Å²) in [5, 5.41) is 3.47. The number of benzene rings is 1. The molecule has 3 nitrogen and oxygen atoms in total. The van der Waals surface area contributed by atoms with Gasteiger partial charge in [0.05, 0.1) is 0 Å². The van der Waals surface area contributed by atoms with Crippen molar-refractivity contribution in [2.24, 2.45) is 5.73 Å². The van der Waals surface area contributed by atoms with E-state index in [1.807, 2.05) is 30.3 Å². The van der Waals surface area contributed by atoms with Gasteiger partial charge < -0.3 is 11.1 Å². The van der Waals surface area contributed by atoms with Gasteiger partial charge in [0.1, 0.15) is 0 Å². The Kier molecular flexibility index (Phi) is 4.90. The molecule has 80 valence electrons. The van der Waals surface area contributed by atoms with Crippen molar-refractivity contribution in [1.29, 1.82) is 0 Å². The summed E-state index contributed by atoms with van der Waals surface area (Å²) in [6.07, 6.45) is 5.13. The third-order valence-electron chi connectivity index (χ3n) is 1.76. The van der Waals surface area contributed by atoms with Crippen molar-refractivity contribution in [2.75, 3.05) is 10.6 Å². The minimum absolute atomic E-state index is 0.544. The summed E-state index contributed by atoms with van der Waals surface area (Å²) >= 11 is 3.35. The van der Waals surface area contributed by atoms with Gasteiger partial charge in [0.2, 0.25) is 0 Å². The fraction of sp³-hybridized carbons (Fsp3) is 0.182. The monoisotopic (exact) mass is 268 g/mol. The maximum atomic E-state index is 10.6. The van der Waals surface area contributed by atoms with Gasteiger partial charge in [-0.1, -0.05) is 40.2 Å².